The number of aromatic nitrogens is 2. The number of nitrogens with one attached hydrogen (secondary N) is 1. The van der Waals surface area contributed by atoms with Gasteiger partial charge in [0, 0.05) is 5.56 Å². The molecule has 2 nitrogen and oxygen atoms in total. The first kappa shape index (κ1) is 12.5. The third-order valence-corrected chi connectivity index (χ3v) is 2.32. The van der Waals surface area contributed by atoms with Crippen LogP contribution in [0.2, 0.25) is 0 Å². The Morgan fingerprint density at radius 3 is 2.11 bits per heavy atom. The average Bonchev–Trinajstić information content (AvgIpc) is 2.77. The van der Waals surface area contributed by atoms with Crippen LogP contribution in [0, 0.1) is 0 Å². The van der Waals surface area contributed by atoms with E-state index in [0.29, 0.717) is 5.56 Å². The molecule has 0 atom stereocenters. The van der Waals surface area contributed by atoms with Gasteiger partial charge < -0.3 is 4.98 Å². The number of hydrogen-bond acceptors (Lipinski definition) is 1. The van der Waals surface area contributed by atoms with Crippen molar-refractivity contribution in [2.75, 3.05) is 0 Å². The van der Waals surface area contributed by atoms with Crippen molar-refractivity contribution in [3.05, 3.63) is 41.7 Å². The maximum Gasteiger partial charge on any atom is 0.416 e. The largest absolute Gasteiger partial charge is 0.416 e. The molecule has 2 aromatic rings. The normalized spacial score (nSPS) is 12.1. The van der Waals surface area contributed by atoms with Gasteiger partial charge in [-0.15, -0.1) is 0 Å². The van der Waals surface area contributed by atoms with Crippen molar-refractivity contribution >= 4 is 0 Å². The first-order valence-corrected chi connectivity index (χ1v) is 4.88. The first-order chi connectivity index (χ1) is 8.38. The maximum atomic E-state index is 12.3. The van der Waals surface area contributed by atoms with Gasteiger partial charge in [0.05, 0.1) is 11.8 Å². The van der Waals surface area contributed by atoms with Crippen LogP contribution in [0.25, 0.3) is 11.4 Å². The first-order valence-electron chi connectivity index (χ1n) is 4.88. The van der Waals surface area contributed by atoms with Crippen LogP contribution in [0.1, 0.15) is 17.7 Å². The smallest absolute Gasteiger partial charge is 0.337 e. The fourth-order valence-electron chi connectivity index (χ4n) is 1.41. The highest BCUT2D eigenvalue weighted by atomic mass is 19.4. The minimum atomic E-state index is -4.42. The standard InChI is InChI=1S/C11H7F5N2/c12-9(13)8-5-17-10(18-8)6-1-3-7(4-2-6)11(14,15)16/h1-5,9H,(H,17,18). The third-order valence-electron chi connectivity index (χ3n) is 2.32. The molecule has 0 aliphatic rings. The van der Waals surface area contributed by atoms with Crippen molar-refractivity contribution in [3.63, 3.8) is 0 Å². The van der Waals surface area contributed by atoms with Crippen LogP contribution in [-0.2, 0) is 6.18 Å². The fraction of sp³-hybridized carbons (Fsp3) is 0.182. The van der Waals surface area contributed by atoms with E-state index >= 15 is 0 Å². The molecule has 1 heterocycles. The van der Waals surface area contributed by atoms with Gasteiger partial charge in [-0.05, 0) is 12.1 Å². The van der Waals surface area contributed by atoms with E-state index in [9.17, 15) is 22.0 Å². The average molecular weight is 262 g/mol. The number of aromatic amines is 1. The number of imidazole rings is 1. The van der Waals surface area contributed by atoms with E-state index in [4.69, 9.17) is 0 Å². The molecule has 1 N–H and O–H groups in total. The van der Waals surface area contributed by atoms with Crippen LogP contribution in [0.3, 0.4) is 0 Å². The molecule has 0 bridgehead atoms. The molecule has 0 aliphatic heterocycles. The second-order valence-electron chi connectivity index (χ2n) is 3.56. The van der Waals surface area contributed by atoms with Gasteiger partial charge in [-0.1, -0.05) is 12.1 Å². The summed E-state index contributed by atoms with van der Waals surface area (Å²) in [6.45, 7) is 0. The van der Waals surface area contributed by atoms with Gasteiger partial charge in [-0.25, -0.2) is 13.8 Å². The lowest BCUT2D eigenvalue weighted by molar-refractivity contribution is -0.137. The Labute approximate surface area is 98.5 Å². The predicted octanol–water partition coefficient (Wildman–Crippen LogP) is 4.03. The van der Waals surface area contributed by atoms with E-state index in [0.717, 1.165) is 18.3 Å². The zero-order chi connectivity index (χ0) is 13.3. The highest BCUT2D eigenvalue weighted by Crippen LogP contribution is 2.30. The van der Waals surface area contributed by atoms with Crippen LogP contribution in [0.4, 0.5) is 22.0 Å². The molecule has 2 rings (SSSR count). The van der Waals surface area contributed by atoms with Crippen molar-refractivity contribution < 1.29 is 22.0 Å². The van der Waals surface area contributed by atoms with Gasteiger partial charge in [0.15, 0.2) is 0 Å². The third kappa shape index (κ3) is 2.49. The van der Waals surface area contributed by atoms with Gasteiger partial charge in [0.1, 0.15) is 11.5 Å². The summed E-state index contributed by atoms with van der Waals surface area (Å²) in [5.41, 5.74) is -0.855. The van der Waals surface area contributed by atoms with Crippen molar-refractivity contribution in [1.29, 1.82) is 0 Å². The van der Waals surface area contributed by atoms with E-state index in [1.807, 2.05) is 0 Å². The van der Waals surface area contributed by atoms with E-state index < -0.39 is 18.2 Å². The topological polar surface area (TPSA) is 28.7 Å². The van der Waals surface area contributed by atoms with Crippen molar-refractivity contribution in [2.45, 2.75) is 12.6 Å². The Balaban J connectivity index is 2.29. The van der Waals surface area contributed by atoms with Crippen molar-refractivity contribution in [1.82, 2.24) is 9.97 Å². The minimum absolute atomic E-state index is 0.110. The number of rotatable bonds is 2. The molecule has 0 fully saturated rings. The number of alkyl halides is 5. The summed E-state index contributed by atoms with van der Waals surface area (Å²) in [5.74, 6) is 0.110. The zero-order valence-corrected chi connectivity index (χ0v) is 8.80. The lowest BCUT2D eigenvalue weighted by Gasteiger charge is -2.06. The highest BCUT2D eigenvalue weighted by Gasteiger charge is 2.30. The van der Waals surface area contributed by atoms with Crippen LogP contribution in [0.5, 0.6) is 0 Å². The quantitative estimate of drug-likeness (QED) is 0.813. The molecule has 7 heteroatoms. The van der Waals surface area contributed by atoms with Crippen molar-refractivity contribution in [3.8, 4) is 11.4 Å². The monoisotopic (exact) mass is 262 g/mol. The van der Waals surface area contributed by atoms with E-state index in [1.165, 1.54) is 12.1 Å². The summed E-state index contributed by atoms with van der Waals surface area (Å²) in [4.78, 5) is 6.03. The molecule has 1 aromatic heterocycles. The van der Waals surface area contributed by atoms with Gasteiger partial charge in [0.2, 0.25) is 0 Å². The minimum Gasteiger partial charge on any atom is -0.337 e. The van der Waals surface area contributed by atoms with Gasteiger partial charge in [-0.3, -0.25) is 0 Å². The van der Waals surface area contributed by atoms with Crippen LogP contribution >= 0.6 is 0 Å². The summed E-state index contributed by atoms with van der Waals surface area (Å²) in [6, 6.07) is 4.10. The second kappa shape index (κ2) is 4.40. The molecular formula is C11H7F5N2. The molecule has 0 aliphatic carbocycles. The Kier molecular flexibility index (Phi) is 3.06. The molecule has 96 valence electrons. The van der Waals surface area contributed by atoms with Crippen LogP contribution in [0.15, 0.2) is 30.5 Å². The lowest BCUT2D eigenvalue weighted by Crippen LogP contribution is -2.04. The molecular weight excluding hydrogens is 255 g/mol. The summed E-state index contributed by atoms with van der Waals surface area (Å²) in [7, 11) is 0. The molecule has 18 heavy (non-hydrogen) atoms. The Morgan fingerprint density at radius 1 is 1.06 bits per heavy atom. The highest BCUT2D eigenvalue weighted by molar-refractivity contribution is 5.55. The number of benzene rings is 1. The zero-order valence-electron chi connectivity index (χ0n) is 8.80. The number of hydrogen-bond donors (Lipinski definition) is 1. The molecule has 0 unspecified atom stereocenters. The van der Waals surface area contributed by atoms with Gasteiger partial charge in [0.25, 0.3) is 6.43 Å². The fourth-order valence-corrected chi connectivity index (χ4v) is 1.41. The van der Waals surface area contributed by atoms with Crippen LogP contribution < -0.4 is 0 Å². The summed E-state index contributed by atoms with van der Waals surface area (Å²) in [6.07, 6.45) is -6.16. The molecule has 1 aromatic carbocycles. The second-order valence-corrected chi connectivity index (χ2v) is 3.56. The molecule has 0 saturated carbocycles. The van der Waals surface area contributed by atoms with Crippen molar-refractivity contribution in [2.24, 2.45) is 0 Å². The number of H-pyrrole nitrogens is 1. The Bertz CT molecular complexity index is 527. The number of nitrogens with zero attached hydrogens (tertiary/aromatic N) is 1. The predicted molar refractivity (Wildman–Crippen MR) is 54.0 cm³/mol. The van der Waals surface area contributed by atoms with E-state index in [2.05, 4.69) is 9.97 Å². The molecule has 0 spiro atoms. The Hall–Kier alpha value is -1.92. The molecule has 0 radical (unpaired) electrons. The van der Waals surface area contributed by atoms with Gasteiger partial charge in [-0.2, -0.15) is 13.2 Å². The summed E-state index contributed by atoms with van der Waals surface area (Å²) < 4.78 is 61.5. The Morgan fingerprint density at radius 2 is 1.67 bits per heavy atom. The van der Waals surface area contributed by atoms with Crippen LogP contribution in [-0.4, -0.2) is 9.97 Å². The summed E-state index contributed by atoms with van der Waals surface area (Å²) >= 11 is 0. The summed E-state index contributed by atoms with van der Waals surface area (Å²) in [5, 5.41) is 0. The maximum absolute atomic E-state index is 12.3. The molecule has 0 amide bonds. The molecule has 0 saturated heterocycles. The SMILES string of the molecule is FC(F)c1cnc(-c2ccc(C(F)(F)F)cc2)[nH]1. The van der Waals surface area contributed by atoms with Gasteiger partial charge >= 0.3 is 6.18 Å². The van der Waals surface area contributed by atoms with E-state index in [1.54, 1.807) is 0 Å². The lowest BCUT2D eigenvalue weighted by atomic mass is 10.1. The number of halogens is 5. The van der Waals surface area contributed by atoms with E-state index in [-0.39, 0.29) is 11.5 Å².